The molecule has 11 rings (SSSR count). The van der Waals surface area contributed by atoms with Gasteiger partial charge >= 0.3 is 0 Å². The van der Waals surface area contributed by atoms with Crippen LogP contribution in [-0.4, -0.2) is 9.13 Å². The van der Waals surface area contributed by atoms with Crippen LogP contribution in [0.2, 0.25) is 0 Å². The van der Waals surface area contributed by atoms with Crippen molar-refractivity contribution in [3.05, 3.63) is 199 Å². The Bertz CT molecular complexity index is 3170. The monoisotopic (exact) mass is 710 g/mol. The van der Waals surface area contributed by atoms with E-state index in [0.29, 0.717) is 11.3 Å². The molecule has 0 aliphatic carbocycles. The van der Waals surface area contributed by atoms with E-state index in [-0.39, 0.29) is 0 Å². The van der Waals surface area contributed by atoms with Gasteiger partial charge in [-0.05, 0) is 117 Å². The summed E-state index contributed by atoms with van der Waals surface area (Å²) in [5.74, 6) is 0. The maximum Gasteiger partial charge on any atom is 0.195 e. The highest BCUT2D eigenvalue weighted by Gasteiger charge is 2.17. The maximum absolute atomic E-state index is 10.5. The van der Waals surface area contributed by atoms with Crippen LogP contribution >= 0.6 is 0 Å². The van der Waals surface area contributed by atoms with Crippen LogP contribution in [0.25, 0.3) is 104 Å². The molecule has 9 aromatic carbocycles. The predicted molar refractivity (Wildman–Crippen MR) is 232 cm³/mol. The van der Waals surface area contributed by atoms with Gasteiger partial charge in [-0.3, -0.25) is 0 Å². The van der Waals surface area contributed by atoms with E-state index in [4.69, 9.17) is 6.57 Å². The molecule has 0 bridgehead atoms. The number of nitriles is 1. The van der Waals surface area contributed by atoms with Crippen molar-refractivity contribution < 1.29 is 0 Å². The number of aromatic nitrogens is 2. The highest BCUT2D eigenvalue weighted by atomic mass is 15.0. The topological polar surface area (TPSA) is 38.0 Å². The standard InChI is InChI=1S/C52H30N4/c1-54-48-31-46(37-20-18-35-28-40(24-22-33(35)26-37)55-49-14-6-2-10-42(49)43-11-3-7-15-50(43)55)39(32-53)30-47(48)38-21-19-36-29-41(25-23-34(36)27-38)56-51-16-8-4-12-44(51)45-13-5-9-17-52(45)56/h2-31H. The zero-order valence-electron chi connectivity index (χ0n) is 30.1. The van der Waals surface area contributed by atoms with Crippen LogP contribution in [0.5, 0.6) is 0 Å². The molecule has 0 aliphatic heterocycles. The fourth-order valence-electron chi connectivity index (χ4n) is 8.72. The first-order valence-corrected chi connectivity index (χ1v) is 18.7. The first-order chi connectivity index (χ1) is 27.7. The van der Waals surface area contributed by atoms with Gasteiger partial charge in [0.05, 0.1) is 40.3 Å². The van der Waals surface area contributed by atoms with Crippen LogP contribution in [0.15, 0.2) is 182 Å². The minimum absolute atomic E-state index is 0.516. The lowest BCUT2D eigenvalue weighted by Crippen LogP contribution is -1.94. The first kappa shape index (κ1) is 31.6. The molecular weight excluding hydrogens is 681 g/mol. The summed E-state index contributed by atoms with van der Waals surface area (Å²) in [6, 6.07) is 66.0. The summed E-state index contributed by atoms with van der Waals surface area (Å²) in [6.07, 6.45) is 0. The van der Waals surface area contributed by atoms with Crippen molar-refractivity contribution >= 4 is 70.8 Å². The van der Waals surface area contributed by atoms with Crippen LogP contribution in [0, 0.1) is 17.9 Å². The second kappa shape index (κ2) is 12.3. The molecule has 2 aromatic heterocycles. The van der Waals surface area contributed by atoms with Crippen LogP contribution < -0.4 is 0 Å². The van der Waals surface area contributed by atoms with Gasteiger partial charge in [0.15, 0.2) is 5.69 Å². The second-order valence-corrected chi connectivity index (χ2v) is 14.4. The largest absolute Gasteiger partial charge is 0.309 e. The Morgan fingerprint density at radius 1 is 0.411 bits per heavy atom. The van der Waals surface area contributed by atoms with Crippen LogP contribution in [-0.2, 0) is 0 Å². The summed E-state index contributed by atoms with van der Waals surface area (Å²) in [7, 11) is 0. The highest BCUT2D eigenvalue weighted by Crippen LogP contribution is 2.40. The molecular formula is C52H30N4. The smallest absolute Gasteiger partial charge is 0.195 e. The molecule has 11 aromatic rings. The van der Waals surface area contributed by atoms with E-state index in [0.717, 1.165) is 55.2 Å². The van der Waals surface area contributed by atoms with E-state index >= 15 is 0 Å². The van der Waals surface area contributed by atoms with Crippen molar-refractivity contribution in [2.24, 2.45) is 0 Å². The molecule has 0 spiro atoms. The molecule has 4 heteroatoms. The lowest BCUT2D eigenvalue weighted by atomic mass is 9.92. The second-order valence-electron chi connectivity index (χ2n) is 14.4. The molecule has 0 fully saturated rings. The Morgan fingerprint density at radius 2 is 0.804 bits per heavy atom. The Balaban J connectivity index is 0.965. The highest BCUT2D eigenvalue weighted by molar-refractivity contribution is 6.10. The number of fused-ring (bicyclic) bond motifs is 8. The molecule has 0 saturated heterocycles. The molecule has 2 heterocycles. The molecule has 0 amide bonds. The lowest BCUT2D eigenvalue weighted by molar-refractivity contribution is 1.19. The van der Waals surface area contributed by atoms with Crippen LogP contribution in [0.1, 0.15) is 5.56 Å². The maximum atomic E-state index is 10.5. The van der Waals surface area contributed by atoms with Crippen molar-refractivity contribution in [1.82, 2.24) is 9.13 Å². The zero-order valence-corrected chi connectivity index (χ0v) is 30.1. The van der Waals surface area contributed by atoms with Crippen LogP contribution in [0.3, 0.4) is 0 Å². The third kappa shape index (κ3) is 4.77. The average molecular weight is 711 g/mol. The summed E-state index contributed by atoms with van der Waals surface area (Å²) in [5, 5.41) is 19.7. The molecule has 56 heavy (non-hydrogen) atoms. The number of nitrogens with zero attached hydrogens (tertiary/aromatic N) is 4. The van der Waals surface area contributed by atoms with Crippen molar-refractivity contribution in [2.75, 3.05) is 0 Å². The number of hydrogen-bond donors (Lipinski definition) is 0. The summed E-state index contributed by atoms with van der Waals surface area (Å²) in [5.41, 5.74) is 11.3. The fraction of sp³-hybridized carbons (Fsp3) is 0. The lowest BCUT2D eigenvalue weighted by Gasteiger charge is -2.14. The molecule has 0 N–H and O–H groups in total. The van der Waals surface area contributed by atoms with Gasteiger partial charge in [0.1, 0.15) is 0 Å². The van der Waals surface area contributed by atoms with Gasteiger partial charge in [-0.1, -0.05) is 109 Å². The fourth-order valence-corrected chi connectivity index (χ4v) is 8.72. The van der Waals surface area contributed by atoms with Gasteiger partial charge < -0.3 is 9.13 Å². The van der Waals surface area contributed by atoms with E-state index in [1.54, 1.807) is 0 Å². The Labute approximate surface area is 322 Å². The van der Waals surface area contributed by atoms with E-state index in [2.05, 4.69) is 190 Å². The first-order valence-electron chi connectivity index (χ1n) is 18.7. The van der Waals surface area contributed by atoms with Gasteiger partial charge in [0.25, 0.3) is 0 Å². The average Bonchev–Trinajstić information content (AvgIpc) is 3.78. The van der Waals surface area contributed by atoms with E-state index in [9.17, 15) is 5.26 Å². The molecule has 258 valence electrons. The van der Waals surface area contributed by atoms with Crippen molar-refractivity contribution in [3.63, 3.8) is 0 Å². The van der Waals surface area contributed by atoms with Crippen molar-refractivity contribution in [3.8, 4) is 39.7 Å². The van der Waals surface area contributed by atoms with Gasteiger partial charge in [-0.25, -0.2) is 4.85 Å². The normalized spacial score (nSPS) is 11.5. The van der Waals surface area contributed by atoms with E-state index < -0.39 is 0 Å². The van der Waals surface area contributed by atoms with Crippen molar-refractivity contribution in [1.29, 1.82) is 5.26 Å². The van der Waals surface area contributed by atoms with E-state index in [1.165, 1.54) is 43.6 Å². The third-order valence-corrected chi connectivity index (χ3v) is 11.3. The quantitative estimate of drug-likeness (QED) is 0.168. The summed E-state index contributed by atoms with van der Waals surface area (Å²) in [4.78, 5) is 3.98. The number of benzene rings is 9. The van der Waals surface area contributed by atoms with Gasteiger partial charge in [-0.15, -0.1) is 0 Å². The molecule has 0 unspecified atom stereocenters. The Hall–Kier alpha value is -7.92. The van der Waals surface area contributed by atoms with Gasteiger partial charge in [-0.2, -0.15) is 5.26 Å². The number of rotatable bonds is 4. The Kier molecular flexibility index (Phi) is 6.95. The van der Waals surface area contributed by atoms with Crippen LogP contribution in [0.4, 0.5) is 5.69 Å². The summed E-state index contributed by atoms with van der Waals surface area (Å²) in [6.45, 7) is 8.20. The molecule has 0 aliphatic rings. The number of hydrogen-bond acceptors (Lipinski definition) is 1. The number of para-hydroxylation sites is 4. The van der Waals surface area contributed by atoms with Gasteiger partial charge in [0, 0.05) is 32.9 Å². The molecule has 0 atom stereocenters. The Morgan fingerprint density at radius 3 is 1.23 bits per heavy atom. The van der Waals surface area contributed by atoms with Gasteiger partial charge in [0.2, 0.25) is 0 Å². The summed E-state index contributed by atoms with van der Waals surface area (Å²) >= 11 is 0. The summed E-state index contributed by atoms with van der Waals surface area (Å²) < 4.78 is 4.65. The minimum atomic E-state index is 0.516. The zero-order chi connectivity index (χ0) is 37.3. The predicted octanol–water partition coefficient (Wildman–Crippen LogP) is 13.9. The minimum Gasteiger partial charge on any atom is -0.309 e. The van der Waals surface area contributed by atoms with E-state index in [1.807, 2.05) is 12.1 Å². The molecule has 4 nitrogen and oxygen atoms in total. The SMILES string of the molecule is [C-]#[N+]c1cc(-c2ccc3cc(-n4c5ccccc5c5ccccc54)ccc3c2)c(C#N)cc1-c1ccc2cc(-n3c4ccccc4c4ccccc43)ccc2c1. The molecule has 0 saturated carbocycles. The molecule has 0 radical (unpaired) electrons. The third-order valence-electron chi connectivity index (χ3n) is 11.3. The van der Waals surface area contributed by atoms with Crippen molar-refractivity contribution in [2.45, 2.75) is 0 Å².